The monoisotopic (exact) mass is 458 g/mol. The lowest BCUT2D eigenvalue weighted by Gasteiger charge is -2.48. The van der Waals surface area contributed by atoms with E-state index in [0.717, 1.165) is 62.6 Å². The third-order valence-corrected chi connectivity index (χ3v) is 7.06. The Bertz CT molecular complexity index is 1060. The third kappa shape index (κ3) is 5.41. The van der Waals surface area contributed by atoms with Crippen molar-refractivity contribution in [2.24, 2.45) is 0 Å². The Labute approximate surface area is 202 Å². The first-order valence-electron chi connectivity index (χ1n) is 12.2. The predicted molar refractivity (Wildman–Crippen MR) is 136 cm³/mol. The van der Waals surface area contributed by atoms with Gasteiger partial charge in [-0.25, -0.2) is 4.98 Å². The molecule has 0 spiro atoms. The number of hydrogen-bond donors (Lipinski definition) is 2. The maximum absolute atomic E-state index is 5.92. The Morgan fingerprint density at radius 3 is 2.35 bits per heavy atom. The number of fused-ring (bicyclic) bond motifs is 2. The van der Waals surface area contributed by atoms with Crippen LogP contribution in [0.2, 0.25) is 0 Å². The van der Waals surface area contributed by atoms with Gasteiger partial charge in [-0.3, -0.25) is 4.90 Å². The summed E-state index contributed by atoms with van der Waals surface area (Å²) >= 11 is 0. The molecule has 3 heterocycles. The van der Waals surface area contributed by atoms with E-state index < -0.39 is 0 Å². The lowest BCUT2D eigenvalue weighted by molar-refractivity contribution is -0.0851. The highest BCUT2D eigenvalue weighted by Gasteiger charge is 2.38. The van der Waals surface area contributed by atoms with Crippen molar-refractivity contribution >= 4 is 5.82 Å². The normalized spacial score (nSPS) is 22.4. The van der Waals surface area contributed by atoms with E-state index in [0.29, 0.717) is 23.9 Å². The van der Waals surface area contributed by atoms with Crippen LogP contribution in [0.1, 0.15) is 24.0 Å². The van der Waals surface area contributed by atoms with Gasteiger partial charge in [-0.15, -0.1) is 0 Å². The molecule has 1 aromatic heterocycles. The van der Waals surface area contributed by atoms with Gasteiger partial charge in [0, 0.05) is 30.2 Å². The van der Waals surface area contributed by atoms with Crippen molar-refractivity contribution in [3.05, 3.63) is 77.9 Å². The van der Waals surface area contributed by atoms with E-state index in [9.17, 15) is 0 Å². The molecule has 2 aliphatic rings. The fraction of sp³-hybridized carbons (Fsp3) is 0.393. The number of nitrogens with two attached hydrogens (primary N) is 1. The average molecular weight is 459 g/mol. The Morgan fingerprint density at radius 1 is 0.971 bits per heavy atom. The molecular formula is C28H34N4O2. The van der Waals surface area contributed by atoms with Crippen LogP contribution in [-0.4, -0.2) is 54.9 Å². The summed E-state index contributed by atoms with van der Waals surface area (Å²) < 4.78 is 11.2. The van der Waals surface area contributed by atoms with Gasteiger partial charge in [-0.2, -0.15) is 0 Å². The summed E-state index contributed by atoms with van der Waals surface area (Å²) in [4.78, 5) is 7.06. The van der Waals surface area contributed by atoms with Crippen molar-refractivity contribution < 1.29 is 9.47 Å². The molecule has 2 aromatic carbocycles. The fourth-order valence-electron chi connectivity index (χ4n) is 5.23. The number of nitrogen functional groups attached to an aromatic ring is 1. The molecule has 3 aromatic rings. The highest BCUT2D eigenvalue weighted by molar-refractivity contribution is 5.61. The summed E-state index contributed by atoms with van der Waals surface area (Å²) in [7, 11) is 1.71. The first-order chi connectivity index (χ1) is 16.7. The van der Waals surface area contributed by atoms with Crippen molar-refractivity contribution in [2.75, 3.05) is 32.6 Å². The van der Waals surface area contributed by atoms with Crippen LogP contribution in [0.4, 0.5) is 5.82 Å². The van der Waals surface area contributed by atoms with Gasteiger partial charge in [0.25, 0.3) is 0 Å². The molecule has 0 aliphatic carbocycles. The largest absolute Gasteiger partial charge is 0.497 e. The van der Waals surface area contributed by atoms with Crippen LogP contribution in [-0.2, 0) is 17.7 Å². The molecule has 0 saturated carbocycles. The number of nitrogens with one attached hydrogen (secondary N) is 1. The van der Waals surface area contributed by atoms with E-state index >= 15 is 0 Å². The topological polar surface area (TPSA) is 72.6 Å². The minimum absolute atomic E-state index is 0.470. The van der Waals surface area contributed by atoms with E-state index in [-0.39, 0.29) is 0 Å². The maximum Gasteiger partial charge on any atom is 0.124 e. The fourth-order valence-corrected chi connectivity index (χ4v) is 5.23. The molecule has 2 aliphatic heterocycles. The van der Waals surface area contributed by atoms with Gasteiger partial charge in [0.05, 0.1) is 26.0 Å². The number of pyridine rings is 1. The quantitative estimate of drug-likeness (QED) is 0.533. The second kappa shape index (κ2) is 10.6. The van der Waals surface area contributed by atoms with Crippen molar-refractivity contribution in [1.82, 2.24) is 15.2 Å². The van der Waals surface area contributed by atoms with Crippen LogP contribution in [0.3, 0.4) is 0 Å². The molecule has 0 radical (unpaired) electrons. The maximum atomic E-state index is 5.92. The van der Waals surface area contributed by atoms with Crippen molar-refractivity contribution in [1.29, 1.82) is 0 Å². The Balaban J connectivity index is 1.12. The minimum Gasteiger partial charge on any atom is -0.497 e. The Kier molecular flexibility index (Phi) is 7.09. The number of methoxy groups -OCH3 is 1. The van der Waals surface area contributed by atoms with Crippen LogP contribution in [0.5, 0.6) is 5.75 Å². The lowest BCUT2D eigenvalue weighted by Crippen LogP contribution is -2.59. The zero-order valence-electron chi connectivity index (χ0n) is 19.8. The van der Waals surface area contributed by atoms with Gasteiger partial charge < -0.3 is 20.5 Å². The number of piperidine rings is 1. The number of ether oxygens (including phenoxy) is 2. The summed E-state index contributed by atoms with van der Waals surface area (Å²) in [6.45, 7) is 3.61. The van der Waals surface area contributed by atoms with Gasteiger partial charge in [0.15, 0.2) is 0 Å². The zero-order valence-corrected chi connectivity index (χ0v) is 19.8. The Hall–Kier alpha value is -2.93. The molecule has 178 valence electrons. The summed E-state index contributed by atoms with van der Waals surface area (Å²) in [6, 6.07) is 24.3. The molecule has 2 atom stereocenters. The minimum atomic E-state index is 0.470. The van der Waals surface area contributed by atoms with Crippen LogP contribution in [0.25, 0.3) is 11.3 Å². The number of anilines is 1. The number of morpholine rings is 1. The molecule has 3 N–H and O–H groups in total. The lowest BCUT2D eigenvalue weighted by atomic mass is 9.89. The summed E-state index contributed by atoms with van der Waals surface area (Å²) in [6.07, 6.45) is 3.28. The van der Waals surface area contributed by atoms with Crippen LogP contribution in [0.15, 0.2) is 66.7 Å². The van der Waals surface area contributed by atoms with Crippen LogP contribution < -0.4 is 15.8 Å². The van der Waals surface area contributed by atoms with Crippen molar-refractivity contribution in [2.45, 2.75) is 43.9 Å². The molecule has 2 fully saturated rings. The number of nitrogens with zero attached hydrogens (tertiary/aromatic N) is 2. The van der Waals surface area contributed by atoms with Gasteiger partial charge in [0.1, 0.15) is 11.6 Å². The molecule has 0 amide bonds. The SMILES string of the molecule is COc1ccc(CN2C3COCC2CC(NCCc2ccc(-c4cccc(N)n4)cc2)C3)cc1. The van der Waals surface area contributed by atoms with Crippen molar-refractivity contribution in [3.63, 3.8) is 0 Å². The smallest absolute Gasteiger partial charge is 0.124 e. The summed E-state index contributed by atoms with van der Waals surface area (Å²) in [5.41, 5.74) is 10.5. The zero-order chi connectivity index (χ0) is 23.3. The molecule has 2 unspecified atom stereocenters. The predicted octanol–water partition coefficient (Wildman–Crippen LogP) is 3.90. The van der Waals surface area contributed by atoms with E-state index in [4.69, 9.17) is 15.2 Å². The molecule has 6 heteroatoms. The first-order valence-corrected chi connectivity index (χ1v) is 12.2. The van der Waals surface area contributed by atoms with Gasteiger partial charge >= 0.3 is 0 Å². The van der Waals surface area contributed by atoms with E-state index in [2.05, 4.69) is 51.6 Å². The number of hydrogen-bond acceptors (Lipinski definition) is 6. The van der Waals surface area contributed by atoms with Gasteiger partial charge in [-0.1, -0.05) is 42.5 Å². The number of aromatic nitrogens is 1. The number of rotatable bonds is 8. The third-order valence-electron chi connectivity index (χ3n) is 7.06. The molecule has 2 saturated heterocycles. The standard InChI is InChI=1S/C28H34N4O2/c1-33-26-11-7-21(8-12-26)17-32-24-15-23(16-25(32)19-34-18-24)30-14-13-20-5-9-22(10-6-20)27-3-2-4-28(29)31-27/h2-12,23-25,30H,13-19H2,1H3,(H2,29,31). The van der Waals surface area contributed by atoms with Gasteiger partial charge in [-0.05, 0) is 61.2 Å². The van der Waals surface area contributed by atoms with E-state index in [1.807, 2.05) is 30.3 Å². The van der Waals surface area contributed by atoms with E-state index in [1.165, 1.54) is 11.1 Å². The summed E-state index contributed by atoms with van der Waals surface area (Å²) in [5, 5.41) is 3.82. The molecule has 5 rings (SSSR count). The average Bonchev–Trinajstić information content (AvgIpc) is 2.85. The van der Waals surface area contributed by atoms with Crippen LogP contribution in [0, 0.1) is 0 Å². The van der Waals surface area contributed by atoms with Crippen LogP contribution >= 0.6 is 0 Å². The summed E-state index contributed by atoms with van der Waals surface area (Å²) in [5.74, 6) is 1.46. The molecular weight excluding hydrogens is 424 g/mol. The van der Waals surface area contributed by atoms with Crippen molar-refractivity contribution in [3.8, 4) is 17.0 Å². The molecule has 34 heavy (non-hydrogen) atoms. The number of benzene rings is 2. The highest BCUT2D eigenvalue weighted by Crippen LogP contribution is 2.30. The highest BCUT2D eigenvalue weighted by atomic mass is 16.5. The van der Waals surface area contributed by atoms with Gasteiger partial charge in [0.2, 0.25) is 0 Å². The first kappa shape index (κ1) is 22.8. The second-order valence-corrected chi connectivity index (χ2v) is 9.38. The molecule has 2 bridgehead atoms. The second-order valence-electron chi connectivity index (χ2n) is 9.38. The molecule has 6 nitrogen and oxygen atoms in total. The van der Waals surface area contributed by atoms with E-state index in [1.54, 1.807) is 7.11 Å². The Morgan fingerprint density at radius 2 is 1.68 bits per heavy atom.